The molecule has 1 unspecified atom stereocenters. The van der Waals surface area contributed by atoms with E-state index in [4.69, 9.17) is 15.2 Å². The SMILES string of the molecule is NC(=O)OC1CCOc2cc(-c3ccc(C(F)(F)F)cc3)ccc21. The second-order valence-corrected chi connectivity index (χ2v) is 5.39. The Hall–Kier alpha value is -2.70. The van der Waals surface area contributed by atoms with E-state index < -0.39 is 23.9 Å². The largest absolute Gasteiger partial charge is 0.493 e. The lowest BCUT2D eigenvalue weighted by atomic mass is 9.97. The Bertz CT molecular complexity index is 757. The number of ether oxygens (including phenoxy) is 2. The minimum Gasteiger partial charge on any atom is -0.493 e. The third-order valence-corrected chi connectivity index (χ3v) is 3.80. The number of carbonyl (C=O) groups excluding carboxylic acids is 1. The Balaban J connectivity index is 1.90. The van der Waals surface area contributed by atoms with Crippen LogP contribution >= 0.6 is 0 Å². The molecule has 1 heterocycles. The van der Waals surface area contributed by atoms with Crippen LogP contribution in [0.4, 0.5) is 18.0 Å². The molecule has 0 aromatic heterocycles. The first kappa shape index (κ1) is 16.2. The zero-order chi connectivity index (χ0) is 17.3. The summed E-state index contributed by atoms with van der Waals surface area (Å²) in [5, 5.41) is 0. The van der Waals surface area contributed by atoms with Gasteiger partial charge in [0.1, 0.15) is 11.9 Å². The molecular weight excluding hydrogens is 323 g/mol. The minimum absolute atomic E-state index is 0.363. The van der Waals surface area contributed by atoms with Gasteiger partial charge < -0.3 is 15.2 Å². The summed E-state index contributed by atoms with van der Waals surface area (Å²) in [6.07, 6.45) is -5.21. The maximum atomic E-state index is 12.6. The van der Waals surface area contributed by atoms with Crippen LogP contribution in [0.1, 0.15) is 23.7 Å². The number of hydrogen-bond donors (Lipinski definition) is 1. The molecule has 24 heavy (non-hydrogen) atoms. The Morgan fingerprint density at radius 1 is 1.12 bits per heavy atom. The summed E-state index contributed by atoms with van der Waals surface area (Å²) in [6, 6.07) is 10.1. The summed E-state index contributed by atoms with van der Waals surface area (Å²) in [5.74, 6) is 0.532. The summed E-state index contributed by atoms with van der Waals surface area (Å²) in [6.45, 7) is 0.363. The normalized spacial score (nSPS) is 16.9. The smallest absolute Gasteiger partial charge is 0.416 e. The number of nitrogens with two attached hydrogens (primary N) is 1. The molecule has 1 atom stereocenters. The van der Waals surface area contributed by atoms with Crippen LogP contribution in [0.15, 0.2) is 42.5 Å². The summed E-state index contributed by atoms with van der Waals surface area (Å²) in [5.41, 5.74) is 6.39. The van der Waals surface area contributed by atoms with Gasteiger partial charge in [-0.25, -0.2) is 4.79 Å². The fraction of sp³-hybridized carbons (Fsp3) is 0.235. The van der Waals surface area contributed by atoms with Crippen molar-refractivity contribution in [3.05, 3.63) is 53.6 Å². The average Bonchev–Trinajstić information content (AvgIpc) is 2.53. The number of fused-ring (bicyclic) bond motifs is 1. The highest BCUT2D eigenvalue weighted by atomic mass is 19.4. The first-order valence-electron chi connectivity index (χ1n) is 7.25. The van der Waals surface area contributed by atoms with Crippen LogP contribution in [0.3, 0.4) is 0 Å². The van der Waals surface area contributed by atoms with Gasteiger partial charge in [-0.1, -0.05) is 24.3 Å². The topological polar surface area (TPSA) is 61.6 Å². The number of rotatable bonds is 2. The number of amides is 1. The Kier molecular flexibility index (Phi) is 4.09. The maximum absolute atomic E-state index is 12.6. The molecule has 0 saturated carbocycles. The molecule has 2 N–H and O–H groups in total. The Morgan fingerprint density at radius 2 is 1.79 bits per heavy atom. The number of benzene rings is 2. The predicted molar refractivity (Wildman–Crippen MR) is 80.4 cm³/mol. The van der Waals surface area contributed by atoms with Crippen molar-refractivity contribution in [2.75, 3.05) is 6.61 Å². The average molecular weight is 337 g/mol. The summed E-state index contributed by atoms with van der Waals surface area (Å²) >= 11 is 0. The molecule has 4 nitrogen and oxygen atoms in total. The van der Waals surface area contributed by atoms with Crippen molar-refractivity contribution < 1.29 is 27.4 Å². The van der Waals surface area contributed by atoms with Crippen LogP contribution in [0, 0.1) is 0 Å². The van der Waals surface area contributed by atoms with E-state index in [1.165, 1.54) is 12.1 Å². The summed E-state index contributed by atoms with van der Waals surface area (Å²) in [7, 11) is 0. The second-order valence-electron chi connectivity index (χ2n) is 5.39. The molecule has 0 saturated heterocycles. The van der Waals surface area contributed by atoms with Gasteiger partial charge in [-0.2, -0.15) is 13.2 Å². The van der Waals surface area contributed by atoms with Gasteiger partial charge in [0, 0.05) is 12.0 Å². The van der Waals surface area contributed by atoms with Gasteiger partial charge in [0.05, 0.1) is 12.2 Å². The lowest BCUT2D eigenvalue weighted by Gasteiger charge is -2.25. The van der Waals surface area contributed by atoms with Crippen molar-refractivity contribution in [3.8, 4) is 16.9 Å². The summed E-state index contributed by atoms with van der Waals surface area (Å²) in [4.78, 5) is 10.9. The third-order valence-electron chi connectivity index (χ3n) is 3.80. The van der Waals surface area contributed by atoms with E-state index in [0.29, 0.717) is 35.5 Å². The van der Waals surface area contributed by atoms with Gasteiger partial charge in [0.25, 0.3) is 0 Å². The standard InChI is InChI=1S/C17H14F3NO3/c18-17(19,20)12-4-1-10(2-5-12)11-3-6-13-14(24-16(21)22)7-8-23-15(13)9-11/h1-6,9,14H,7-8H2,(H2,21,22). The van der Waals surface area contributed by atoms with Gasteiger partial charge in [-0.3, -0.25) is 0 Å². The highest BCUT2D eigenvalue weighted by molar-refractivity contribution is 5.68. The summed E-state index contributed by atoms with van der Waals surface area (Å²) < 4.78 is 48.5. The zero-order valence-electron chi connectivity index (χ0n) is 12.5. The molecule has 2 aromatic carbocycles. The molecule has 0 spiro atoms. The van der Waals surface area contributed by atoms with E-state index in [-0.39, 0.29) is 0 Å². The van der Waals surface area contributed by atoms with E-state index in [0.717, 1.165) is 12.1 Å². The van der Waals surface area contributed by atoms with E-state index in [1.54, 1.807) is 18.2 Å². The zero-order valence-corrected chi connectivity index (χ0v) is 12.5. The van der Waals surface area contributed by atoms with Crippen molar-refractivity contribution in [2.45, 2.75) is 18.7 Å². The van der Waals surface area contributed by atoms with Crippen molar-refractivity contribution in [1.82, 2.24) is 0 Å². The van der Waals surface area contributed by atoms with E-state index in [9.17, 15) is 18.0 Å². The van der Waals surface area contributed by atoms with Crippen LogP contribution in [0.2, 0.25) is 0 Å². The van der Waals surface area contributed by atoms with Crippen LogP contribution in [-0.2, 0) is 10.9 Å². The molecule has 126 valence electrons. The predicted octanol–water partition coefficient (Wildman–Crippen LogP) is 4.29. The number of carbonyl (C=O) groups is 1. The van der Waals surface area contributed by atoms with E-state index >= 15 is 0 Å². The monoisotopic (exact) mass is 337 g/mol. The molecule has 0 bridgehead atoms. The molecule has 0 aliphatic carbocycles. The highest BCUT2D eigenvalue weighted by Gasteiger charge is 2.30. The quantitative estimate of drug-likeness (QED) is 0.889. The van der Waals surface area contributed by atoms with Crippen LogP contribution in [0.5, 0.6) is 5.75 Å². The van der Waals surface area contributed by atoms with E-state index in [2.05, 4.69) is 0 Å². The maximum Gasteiger partial charge on any atom is 0.416 e. The number of alkyl halides is 3. The Labute approximate surface area is 136 Å². The highest BCUT2D eigenvalue weighted by Crippen LogP contribution is 2.38. The molecular formula is C17H14F3NO3. The van der Waals surface area contributed by atoms with E-state index in [1.807, 2.05) is 0 Å². The fourth-order valence-electron chi connectivity index (χ4n) is 2.65. The molecule has 7 heteroatoms. The van der Waals surface area contributed by atoms with Gasteiger partial charge in [0.2, 0.25) is 0 Å². The lowest BCUT2D eigenvalue weighted by Crippen LogP contribution is -2.22. The van der Waals surface area contributed by atoms with Crippen LogP contribution in [0.25, 0.3) is 11.1 Å². The molecule has 3 rings (SSSR count). The first-order valence-corrected chi connectivity index (χ1v) is 7.25. The third kappa shape index (κ3) is 3.29. The van der Waals surface area contributed by atoms with Crippen molar-refractivity contribution in [3.63, 3.8) is 0 Å². The lowest BCUT2D eigenvalue weighted by molar-refractivity contribution is -0.137. The van der Waals surface area contributed by atoms with Crippen molar-refractivity contribution in [2.24, 2.45) is 5.73 Å². The van der Waals surface area contributed by atoms with Gasteiger partial charge in [-0.15, -0.1) is 0 Å². The van der Waals surface area contributed by atoms with Gasteiger partial charge in [0.15, 0.2) is 0 Å². The van der Waals surface area contributed by atoms with Crippen LogP contribution < -0.4 is 10.5 Å². The Morgan fingerprint density at radius 3 is 2.42 bits per heavy atom. The minimum atomic E-state index is -4.36. The first-order chi connectivity index (χ1) is 11.3. The molecule has 0 radical (unpaired) electrons. The van der Waals surface area contributed by atoms with Crippen molar-refractivity contribution >= 4 is 6.09 Å². The molecule has 1 amide bonds. The fourth-order valence-corrected chi connectivity index (χ4v) is 2.65. The van der Waals surface area contributed by atoms with Crippen molar-refractivity contribution in [1.29, 1.82) is 0 Å². The van der Waals surface area contributed by atoms with Crippen LogP contribution in [-0.4, -0.2) is 12.7 Å². The second kappa shape index (κ2) is 6.07. The number of primary amides is 1. The molecule has 1 aliphatic rings. The molecule has 0 fully saturated rings. The molecule has 1 aliphatic heterocycles. The number of halogens is 3. The number of hydrogen-bond acceptors (Lipinski definition) is 3. The molecule has 2 aromatic rings. The van der Waals surface area contributed by atoms with Gasteiger partial charge in [-0.05, 0) is 29.3 Å². The van der Waals surface area contributed by atoms with Gasteiger partial charge >= 0.3 is 12.3 Å².